The maximum absolute atomic E-state index is 12.8. The molecule has 1 nitrogen and oxygen atoms in total. The summed E-state index contributed by atoms with van der Waals surface area (Å²) >= 11 is 0. The Labute approximate surface area is 129 Å². The van der Waals surface area contributed by atoms with E-state index in [4.69, 9.17) is 0 Å². The van der Waals surface area contributed by atoms with E-state index in [2.05, 4.69) is 46.4 Å². The minimum absolute atomic E-state index is 0.0537. The van der Waals surface area contributed by atoms with E-state index in [1.165, 1.54) is 24.8 Å². The zero-order valence-electron chi connectivity index (χ0n) is 14.0. The number of rotatable bonds is 1. The SMILES string of the molecule is C=CC1(C)C=CC2=C(C1)C(=O)CC1C(C)(C)CCCC21C. The van der Waals surface area contributed by atoms with Gasteiger partial charge in [-0.3, -0.25) is 4.79 Å². The molecule has 0 amide bonds. The van der Waals surface area contributed by atoms with Gasteiger partial charge in [-0.1, -0.05) is 52.3 Å². The number of carbonyl (C=O) groups is 1. The molecule has 0 aromatic heterocycles. The fraction of sp³-hybridized carbons (Fsp3) is 0.650. The van der Waals surface area contributed by atoms with Gasteiger partial charge in [-0.2, -0.15) is 0 Å². The first-order chi connectivity index (χ1) is 9.72. The Balaban J connectivity index is 2.10. The summed E-state index contributed by atoms with van der Waals surface area (Å²) in [4.78, 5) is 12.8. The summed E-state index contributed by atoms with van der Waals surface area (Å²) in [6, 6.07) is 0. The fourth-order valence-electron chi connectivity index (χ4n) is 5.09. The van der Waals surface area contributed by atoms with E-state index >= 15 is 0 Å². The predicted octanol–water partition coefficient (Wildman–Crippen LogP) is 5.24. The van der Waals surface area contributed by atoms with Crippen molar-refractivity contribution in [3.63, 3.8) is 0 Å². The number of carbonyl (C=O) groups excluding carboxylic acids is 1. The van der Waals surface area contributed by atoms with Crippen molar-refractivity contribution in [3.05, 3.63) is 36.0 Å². The highest BCUT2D eigenvalue weighted by molar-refractivity contribution is 5.98. The number of fused-ring (bicyclic) bond motifs is 2. The highest BCUT2D eigenvalue weighted by atomic mass is 16.1. The van der Waals surface area contributed by atoms with Crippen LogP contribution in [-0.2, 0) is 4.79 Å². The monoisotopic (exact) mass is 284 g/mol. The van der Waals surface area contributed by atoms with E-state index < -0.39 is 0 Å². The second-order valence-electron chi connectivity index (χ2n) is 8.55. The summed E-state index contributed by atoms with van der Waals surface area (Å²) in [5.41, 5.74) is 2.84. The average Bonchev–Trinajstić information content (AvgIpc) is 2.41. The Morgan fingerprint density at radius 3 is 2.62 bits per heavy atom. The lowest BCUT2D eigenvalue weighted by atomic mass is 9.49. The molecule has 0 radical (unpaired) electrons. The first-order valence-corrected chi connectivity index (χ1v) is 8.32. The van der Waals surface area contributed by atoms with Crippen LogP contribution in [0.25, 0.3) is 0 Å². The number of hydrogen-bond donors (Lipinski definition) is 0. The highest BCUT2D eigenvalue weighted by Crippen LogP contribution is 2.60. The van der Waals surface area contributed by atoms with Gasteiger partial charge in [0.15, 0.2) is 5.78 Å². The van der Waals surface area contributed by atoms with Gasteiger partial charge in [0.2, 0.25) is 0 Å². The summed E-state index contributed by atoms with van der Waals surface area (Å²) in [6.45, 7) is 13.2. The van der Waals surface area contributed by atoms with Gasteiger partial charge in [-0.05, 0) is 41.6 Å². The first-order valence-electron chi connectivity index (χ1n) is 8.32. The lowest BCUT2D eigenvalue weighted by Gasteiger charge is -2.55. The van der Waals surface area contributed by atoms with Crippen molar-refractivity contribution in [2.75, 3.05) is 0 Å². The second kappa shape index (κ2) is 4.44. The maximum atomic E-state index is 12.8. The predicted molar refractivity (Wildman–Crippen MR) is 87.9 cm³/mol. The standard InChI is InChI=1S/C20H28O/c1-6-19(4)11-8-15-14(13-19)16(21)12-17-18(2,3)9-7-10-20(15,17)5/h6,8,11,17H,1,7,9-10,12-13H2,2-5H3. The van der Waals surface area contributed by atoms with Gasteiger partial charge in [0.25, 0.3) is 0 Å². The third-order valence-electron chi connectivity index (χ3n) is 6.55. The van der Waals surface area contributed by atoms with Gasteiger partial charge in [0, 0.05) is 17.4 Å². The molecule has 1 saturated carbocycles. The van der Waals surface area contributed by atoms with E-state index in [1.807, 2.05) is 6.08 Å². The molecule has 1 fully saturated rings. The molecule has 114 valence electrons. The molecule has 0 aliphatic heterocycles. The van der Waals surface area contributed by atoms with Crippen molar-refractivity contribution in [1.29, 1.82) is 0 Å². The van der Waals surface area contributed by atoms with Crippen molar-refractivity contribution in [1.82, 2.24) is 0 Å². The summed E-state index contributed by atoms with van der Waals surface area (Å²) in [6.07, 6.45) is 11.8. The fourth-order valence-corrected chi connectivity index (χ4v) is 5.09. The Kier molecular flexibility index (Phi) is 3.13. The first kappa shape index (κ1) is 14.8. The van der Waals surface area contributed by atoms with Gasteiger partial charge >= 0.3 is 0 Å². The number of allylic oxidation sites excluding steroid dienone is 5. The van der Waals surface area contributed by atoms with Crippen LogP contribution in [0.2, 0.25) is 0 Å². The van der Waals surface area contributed by atoms with E-state index in [9.17, 15) is 4.79 Å². The molecule has 0 aromatic carbocycles. The minimum Gasteiger partial charge on any atom is -0.295 e. The average molecular weight is 284 g/mol. The van der Waals surface area contributed by atoms with Crippen molar-refractivity contribution < 1.29 is 4.79 Å². The highest BCUT2D eigenvalue weighted by Gasteiger charge is 2.53. The molecular weight excluding hydrogens is 256 g/mol. The molecule has 1 heteroatoms. The van der Waals surface area contributed by atoms with Crippen LogP contribution in [0, 0.1) is 22.2 Å². The number of Topliss-reactive ketones (excluding diaryl/α,β-unsaturated/α-hetero) is 1. The van der Waals surface area contributed by atoms with Crippen LogP contribution in [-0.4, -0.2) is 5.78 Å². The zero-order chi connectivity index (χ0) is 15.5. The van der Waals surface area contributed by atoms with Crippen LogP contribution in [0.1, 0.15) is 59.8 Å². The molecule has 3 unspecified atom stereocenters. The van der Waals surface area contributed by atoms with Gasteiger partial charge in [0.05, 0.1) is 0 Å². The normalized spacial score (nSPS) is 41.5. The van der Waals surface area contributed by atoms with Gasteiger partial charge < -0.3 is 0 Å². The molecule has 0 spiro atoms. The Hall–Kier alpha value is -1.11. The quantitative estimate of drug-likeness (QED) is 0.602. The Bertz CT molecular complexity index is 562. The Morgan fingerprint density at radius 1 is 1.24 bits per heavy atom. The van der Waals surface area contributed by atoms with Crippen LogP contribution >= 0.6 is 0 Å². The van der Waals surface area contributed by atoms with E-state index in [-0.39, 0.29) is 16.2 Å². The Morgan fingerprint density at radius 2 is 1.95 bits per heavy atom. The molecule has 0 saturated heterocycles. The van der Waals surface area contributed by atoms with Crippen molar-refractivity contribution in [2.45, 2.75) is 59.8 Å². The molecule has 3 rings (SSSR count). The number of hydrogen-bond acceptors (Lipinski definition) is 1. The van der Waals surface area contributed by atoms with Gasteiger partial charge in [0.1, 0.15) is 0 Å². The summed E-state index contributed by atoms with van der Waals surface area (Å²) in [7, 11) is 0. The van der Waals surface area contributed by atoms with Crippen molar-refractivity contribution in [2.24, 2.45) is 22.2 Å². The van der Waals surface area contributed by atoms with Gasteiger partial charge in [-0.25, -0.2) is 0 Å². The third kappa shape index (κ3) is 2.08. The molecule has 0 bridgehead atoms. The minimum atomic E-state index is -0.0537. The molecule has 21 heavy (non-hydrogen) atoms. The third-order valence-corrected chi connectivity index (χ3v) is 6.55. The van der Waals surface area contributed by atoms with Crippen LogP contribution in [0.5, 0.6) is 0 Å². The van der Waals surface area contributed by atoms with Crippen LogP contribution in [0.4, 0.5) is 0 Å². The molecule has 0 aromatic rings. The van der Waals surface area contributed by atoms with Crippen molar-refractivity contribution >= 4 is 5.78 Å². The summed E-state index contributed by atoms with van der Waals surface area (Å²) in [5, 5.41) is 0. The lowest BCUT2D eigenvalue weighted by Crippen LogP contribution is -2.48. The summed E-state index contributed by atoms with van der Waals surface area (Å²) < 4.78 is 0. The lowest BCUT2D eigenvalue weighted by molar-refractivity contribution is -0.122. The van der Waals surface area contributed by atoms with Crippen LogP contribution in [0.3, 0.4) is 0 Å². The molecule has 3 atom stereocenters. The number of ketones is 1. The molecule has 3 aliphatic rings. The van der Waals surface area contributed by atoms with Crippen LogP contribution < -0.4 is 0 Å². The topological polar surface area (TPSA) is 17.1 Å². The van der Waals surface area contributed by atoms with E-state index in [0.717, 1.165) is 18.4 Å². The largest absolute Gasteiger partial charge is 0.295 e. The van der Waals surface area contributed by atoms with Crippen molar-refractivity contribution in [3.8, 4) is 0 Å². The molecule has 0 heterocycles. The molecule has 3 aliphatic carbocycles. The molecular formula is C20H28O. The van der Waals surface area contributed by atoms with E-state index in [1.54, 1.807) is 0 Å². The van der Waals surface area contributed by atoms with Gasteiger partial charge in [-0.15, -0.1) is 6.58 Å². The van der Waals surface area contributed by atoms with Crippen LogP contribution in [0.15, 0.2) is 36.0 Å². The zero-order valence-corrected chi connectivity index (χ0v) is 14.0. The second-order valence-corrected chi connectivity index (χ2v) is 8.55. The smallest absolute Gasteiger partial charge is 0.159 e. The van der Waals surface area contributed by atoms with E-state index in [0.29, 0.717) is 11.7 Å². The maximum Gasteiger partial charge on any atom is 0.159 e. The molecule has 0 N–H and O–H groups in total. The summed E-state index contributed by atoms with van der Waals surface area (Å²) in [5.74, 6) is 0.877.